The number of halogens is 1. The van der Waals surface area contributed by atoms with Gasteiger partial charge in [0, 0.05) is 16.1 Å². The molecule has 1 saturated heterocycles. The number of hydrogen-bond donors (Lipinski definition) is 1. The number of benzene rings is 2. The second-order valence-electron chi connectivity index (χ2n) is 5.26. The number of nitrogens with one attached hydrogen (secondary N) is 1. The number of aliphatic imine (C=N–C) groups is 1. The van der Waals surface area contributed by atoms with Crippen molar-refractivity contribution in [1.82, 2.24) is 5.32 Å². The minimum atomic E-state index is -0.444. The Hall–Kier alpha value is -2.57. The van der Waals surface area contributed by atoms with Crippen molar-refractivity contribution < 1.29 is 14.3 Å². The molecule has 1 heterocycles. The average molecular weight is 387 g/mol. The smallest absolute Gasteiger partial charge is 0.279 e. The molecule has 1 aliphatic rings. The normalized spacial score (nSPS) is 16.8. The highest BCUT2D eigenvalue weighted by Gasteiger charge is 2.25. The largest absolute Gasteiger partial charge is 0.493 e. The van der Waals surface area contributed by atoms with Gasteiger partial charge in [-0.1, -0.05) is 29.8 Å². The van der Waals surface area contributed by atoms with E-state index in [2.05, 4.69) is 10.3 Å². The van der Waals surface area contributed by atoms with Crippen molar-refractivity contribution in [3.63, 3.8) is 0 Å². The molecule has 1 aliphatic heterocycles. The number of amides is 2. The predicted molar refractivity (Wildman–Crippen MR) is 105 cm³/mol. The molecule has 0 bridgehead atoms. The zero-order chi connectivity index (χ0) is 18.5. The third-order valence-corrected chi connectivity index (χ3v) is 4.61. The van der Waals surface area contributed by atoms with Crippen molar-refractivity contribution in [2.24, 2.45) is 4.99 Å². The van der Waals surface area contributed by atoms with E-state index in [1.807, 2.05) is 31.2 Å². The van der Waals surface area contributed by atoms with E-state index in [1.165, 1.54) is 0 Å². The number of thioether (sulfide) groups is 1. The average Bonchev–Trinajstić information content (AvgIpc) is 2.96. The molecular weight excluding hydrogens is 372 g/mol. The fourth-order valence-electron chi connectivity index (χ4n) is 2.26. The summed E-state index contributed by atoms with van der Waals surface area (Å²) in [7, 11) is 0. The SMILES string of the molecule is CCOc1ccccc1/C=C1\SC(=NC(=O)c2ccc(Cl)cc2)NC1=O. The van der Waals surface area contributed by atoms with Crippen LogP contribution in [0, 0.1) is 0 Å². The van der Waals surface area contributed by atoms with Crippen LogP contribution in [0.25, 0.3) is 6.08 Å². The maximum absolute atomic E-state index is 12.2. The highest BCUT2D eigenvalue weighted by Crippen LogP contribution is 2.29. The molecule has 2 aromatic rings. The Labute approximate surface area is 160 Å². The zero-order valence-corrected chi connectivity index (χ0v) is 15.4. The number of rotatable bonds is 4. The number of ether oxygens (including phenoxy) is 1. The molecule has 2 aromatic carbocycles. The summed E-state index contributed by atoms with van der Waals surface area (Å²) in [6.07, 6.45) is 1.72. The molecule has 26 heavy (non-hydrogen) atoms. The van der Waals surface area contributed by atoms with Crippen LogP contribution in [0.1, 0.15) is 22.8 Å². The Morgan fingerprint density at radius 3 is 2.69 bits per heavy atom. The Morgan fingerprint density at radius 2 is 1.96 bits per heavy atom. The van der Waals surface area contributed by atoms with E-state index in [0.29, 0.717) is 27.8 Å². The van der Waals surface area contributed by atoms with E-state index in [9.17, 15) is 9.59 Å². The molecule has 7 heteroatoms. The Kier molecular flexibility index (Phi) is 5.75. The van der Waals surface area contributed by atoms with Crippen molar-refractivity contribution >= 4 is 46.4 Å². The van der Waals surface area contributed by atoms with Gasteiger partial charge >= 0.3 is 0 Å². The summed E-state index contributed by atoms with van der Waals surface area (Å²) >= 11 is 6.93. The number of para-hydroxylation sites is 1. The number of carbonyl (C=O) groups excluding carboxylic acids is 2. The molecule has 3 rings (SSSR count). The minimum absolute atomic E-state index is 0.245. The number of carbonyl (C=O) groups is 2. The van der Waals surface area contributed by atoms with E-state index in [-0.39, 0.29) is 11.1 Å². The lowest BCUT2D eigenvalue weighted by atomic mass is 10.2. The first kappa shape index (κ1) is 18.2. The third-order valence-electron chi connectivity index (χ3n) is 3.45. The molecule has 0 aliphatic carbocycles. The van der Waals surface area contributed by atoms with E-state index < -0.39 is 5.91 Å². The van der Waals surface area contributed by atoms with Crippen LogP contribution in [-0.2, 0) is 4.79 Å². The molecule has 0 radical (unpaired) electrons. The minimum Gasteiger partial charge on any atom is -0.493 e. The summed E-state index contributed by atoms with van der Waals surface area (Å²) in [5, 5.41) is 3.39. The third kappa shape index (κ3) is 4.33. The molecule has 1 fully saturated rings. The van der Waals surface area contributed by atoms with Crippen molar-refractivity contribution in [2.75, 3.05) is 6.61 Å². The van der Waals surface area contributed by atoms with Gasteiger partial charge in [0.05, 0.1) is 11.5 Å². The van der Waals surface area contributed by atoms with E-state index in [1.54, 1.807) is 30.3 Å². The van der Waals surface area contributed by atoms with Gasteiger partial charge in [-0.05, 0) is 55.1 Å². The van der Waals surface area contributed by atoms with Crippen LogP contribution >= 0.6 is 23.4 Å². The van der Waals surface area contributed by atoms with Crippen molar-refractivity contribution in [3.05, 3.63) is 69.6 Å². The zero-order valence-electron chi connectivity index (χ0n) is 13.9. The topological polar surface area (TPSA) is 67.8 Å². The van der Waals surface area contributed by atoms with Gasteiger partial charge in [-0.3, -0.25) is 9.59 Å². The lowest BCUT2D eigenvalue weighted by Gasteiger charge is -2.06. The molecule has 0 aromatic heterocycles. The van der Waals surface area contributed by atoms with E-state index >= 15 is 0 Å². The highest BCUT2D eigenvalue weighted by molar-refractivity contribution is 8.18. The number of amidine groups is 1. The van der Waals surface area contributed by atoms with Crippen LogP contribution in [-0.4, -0.2) is 23.6 Å². The first-order valence-electron chi connectivity index (χ1n) is 7.88. The summed E-state index contributed by atoms with van der Waals surface area (Å²) in [6.45, 7) is 2.43. The van der Waals surface area contributed by atoms with Gasteiger partial charge in [0.15, 0.2) is 5.17 Å². The van der Waals surface area contributed by atoms with Gasteiger partial charge < -0.3 is 10.1 Å². The lowest BCUT2D eigenvalue weighted by Crippen LogP contribution is -2.20. The Balaban J connectivity index is 1.80. The summed E-state index contributed by atoms with van der Waals surface area (Å²) in [5.74, 6) is -0.0529. The molecule has 0 unspecified atom stereocenters. The second kappa shape index (κ2) is 8.21. The van der Waals surface area contributed by atoms with Crippen LogP contribution in [0.4, 0.5) is 0 Å². The van der Waals surface area contributed by atoms with Crippen molar-refractivity contribution in [2.45, 2.75) is 6.92 Å². The van der Waals surface area contributed by atoms with Crippen LogP contribution < -0.4 is 10.1 Å². The highest BCUT2D eigenvalue weighted by atomic mass is 35.5. The molecule has 1 N–H and O–H groups in total. The maximum Gasteiger partial charge on any atom is 0.279 e. The Bertz CT molecular complexity index is 907. The van der Waals surface area contributed by atoms with Gasteiger partial charge in [-0.25, -0.2) is 0 Å². The first-order valence-corrected chi connectivity index (χ1v) is 9.07. The van der Waals surface area contributed by atoms with Gasteiger partial charge in [-0.2, -0.15) is 4.99 Å². The summed E-state index contributed by atoms with van der Waals surface area (Å²) in [4.78, 5) is 28.8. The van der Waals surface area contributed by atoms with Crippen LogP contribution in [0.3, 0.4) is 0 Å². The van der Waals surface area contributed by atoms with Crippen molar-refractivity contribution in [3.8, 4) is 5.75 Å². The summed E-state index contributed by atoms with van der Waals surface area (Å²) < 4.78 is 5.56. The Morgan fingerprint density at radius 1 is 1.23 bits per heavy atom. The van der Waals surface area contributed by atoms with Crippen LogP contribution in [0.15, 0.2) is 58.4 Å². The second-order valence-corrected chi connectivity index (χ2v) is 6.73. The van der Waals surface area contributed by atoms with E-state index in [0.717, 1.165) is 17.3 Å². The molecule has 0 atom stereocenters. The van der Waals surface area contributed by atoms with Gasteiger partial charge in [-0.15, -0.1) is 0 Å². The standard InChI is InChI=1S/C19H15ClN2O3S/c1-2-25-15-6-4-3-5-13(15)11-16-18(24)22-19(26-16)21-17(23)12-7-9-14(20)10-8-12/h3-11H,2H2,1H3,(H,21,22,23,24)/b16-11-. The number of hydrogen-bond acceptors (Lipinski definition) is 4. The van der Waals surface area contributed by atoms with Gasteiger partial charge in [0.2, 0.25) is 0 Å². The molecule has 5 nitrogen and oxygen atoms in total. The number of nitrogens with zero attached hydrogens (tertiary/aromatic N) is 1. The molecule has 0 saturated carbocycles. The van der Waals surface area contributed by atoms with Gasteiger partial charge in [0.1, 0.15) is 5.75 Å². The van der Waals surface area contributed by atoms with Crippen LogP contribution in [0.5, 0.6) is 5.75 Å². The molecular formula is C19H15ClN2O3S. The molecule has 0 spiro atoms. The quantitative estimate of drug-likeness (QED) is 0.802. The van der Waals surface area contributed by atoms with E-state index in [4.69, 9.17) is 16.3 Å². The monoisotopic (exact) mass is 386 g/mol. The summed E-state index contributed by atoms with van der Waals surface area (Å²) in [5.41, 5.74) is 1.19. The predicted octanol–water partition coefficient (Wildman–Crippen LogP) is 4.14. The van der Waals surface area contributed by atoms with Crippen LogP contribution in [0.2, 0.25) is 5.02 Å². The van der Waals surface area contributed by atoms with Gasteiger partial charge in [0.25, 0.3) is 11.8 Å². The molecule has 2 amide bonds. The first-order chi connectivity index (χ1) is 12.6. The fraction of sp³-hybridized carbons (Fsp3) is 0.105. The maximum atomic E-state index is 12.2. The molecule has 132 valence electrons. The summed E-state index contributed by atoms with van der Waals surface area (Å²) in [6, 6.07) is 13.8. The van der Waals surface area contributed by atoms with Crippen molar-refractivity contribution in [1.29, 1.82) is 0 Å². The lowest BCUT2D eigenvalue weighted by molar-refractivity contribution is -0.115. The fourth-order valence-corrected chi connectivity index (χ4v) is 3.19.